The fourth-order valence-corrected chi connectivity index (χ4v) is 1.23. The molecule has 14 heavy (non-hydrogen) atoms. The fourth-order valence-electron chi connectivity index (χ4n) is 0.677. The maximum atomic E-state index is 10.8. The van der Waals surface area contributed by atoms with Crippen molar-refractivity contribution in [1.29, 1.82) is 0 Å². The van der Waals surface area contributed by atoms with E-state index in [1.54, 1.807) is 0 Å². The summed E-state index contributed by atoms with van der Waals surface area (Å²) in [6, 6.07) is 0. The fraction of sp³-hybridized carbons (Fsp3) is 0.800. The SMILES string of the molecule is O=C(CO)[C@@H](OP(=O)(O)O)[C@@H](O)CO. The number of ketones is 1. The summed E-state index contributed by atoms with van der Waals surface area (Å²) in [5.74, 6) is -1.13. The number of hydrogen-bond donors (Lipinski definition) is 5. The standard InChI is InChI=1S/C5H11O8P/c6-1-3(8)5(4(9)2-7)13-14(10,11)12/h3,5-8H,1-2H2,(H2,10,11,12)/t3-,5-/m0/s1. The normalized spacial score (nSPS) is 16.4. The molecular formula is C5H11O8P. The van der Waals surface area contributed by atoms with Crippen LogP contribution in [-0.2, 0) is 13.9 Å². The van der Waals surface area contributed by atoms with Crippen LogP contribution in [0.2, 0.25) is 0 Å². The molecular weight excluding hydrogens is 219 g/mol. The highest BCUT2D eigenvalue weighted by Gasteiger charge is 2.33. The molecule has 0 saturated heterocycles. The van der Waals surface area contributed by atoms with Crippen LogP contribution in [-0.4, -0.2) is 56.3 Å². The lowest BCUT2D eigenvalue weighted by atomic mass is 10.1. The predicted molar refractivity (Wildman–Crippen MR) is 42.1 cm³/mol. The Balaban J connectivity index is 4.57. The zero-order valence-corrected chi connectivity index (χ0v) is 7.87. The van der Waals surface area contributed by atoms with Gasteiger partial charge < -0.3 is 25.1 Å². The molecule has 0 bridgehead atoms. The second kappa shape index (κ2) is 5.52. The van der Waals surface area contributed by atoms with Crippen LogP contribution in [0, 0.1) is 0 Å². The van der Waals surface area contributed by atoms with Gasteiger partial charge in [-0.05, 0) is 0 Å². The van der Waals surface area contributed by atoms with Crippen LogP contribution in [0.25, 0.3) is 0 Å². The van der Waals surface area contributed by atoms with Crippen molar-refractivity contribution in [3.63, 3.8) is 0 Å². The molecule has 2 atom stereocenters. The van der Waals surface area contributed by atoms with E-state index in [1.807, 2.05) is 0 Å². The van der Waals surface area contributed by atoms with Gasteiger partial charge in [0.05, 0.1) is 6.61 Å². The topological polar surface area (TPSA) is 145 Å². The molecule has 0 saturated carbocycles. The van der Waals surface area contributed by atoms with E-state index in [9.17, 15) is 9.36 Å². The van der Waals surface area contributed by atoms with E-state index in [2.05, 4.69) is 4.52 Å². The van der Waals surface area contributed by atoms with Gasteiger partial charge >= 0.3 is 7.82 Å². The third-order valence-electron chi connectivity index (χ3n) is 1.26. The molecule has 0 unspecified atom stereocenters. The van der Waals surface area contributed by atoms with E-state index in [4.69, 9.17) is 25.1 Å². The van der Waals surface area contributed by atoms with Gasteiger partial charge in [0.1, 0.15) is 12.7 Å². The van der Waals surface area contributed by atoms with Crippen LogP contribution in [0.15, 0.2) is 0 Å². The number of carbonyl (C=O) groups is 1. The number of phosphoric acid groups is 1. The van der Waals surface area contributed by atoms with Crippen molar-refractivity contribution in [3.05, 3.63) is 0 Å². The van der Waals surface area contributed by atoms with Gasteiger partial charge in [-0.2, -0.15) is 0 Å². The van der Waals surface area contributed by atoms with Gasteiger partial charge in [-0.3, -0.25) is 9.32 Å². The Bertz CT molecular complexity index is 234. The molecule has 0 rings (SSSR count). The highest BCUT2D eigenvalue weighted by Crippen LogP contribution is 2.38. The number of hydrogen-bond acceptors (Lipinski definition) is 6. The summed E-state index contributed by atoms with van der Waals surface area (Å²) in [4.78, 5) is 27.5. The summed E-state index contributed by atoms with van der Waals surface area (Å²) in [6.07, 6.45) is -3.73. The molecule has 0 aliphatic rings. The van der Waals surface area contributed by atoms with Crippen LogP contribution in [0.5, 0.6) is 0 Å². The second-order valence-corrected chi connectivity index (χ2v) is 3.58. The van der Waals surface area contributed by atoms with Crippen LogP contribution < -0.4 is 0 Å². The Morgan fingerprint density at radius 2 is 1.86 bits per heavy atom. The lowest BCUT2D eigenvalue weighted by Crippen LogP contribution is -2.39. The van der Waals surface area contributed by atoms with Crippen molar-refractivity contribution >= 4 is 13.6 Å². The zero-order valence-electron chi connectivity index (χ0n) is 6.98. The van der Waals surface area contributed by atoms with Crippen LogP contribution in [0.3, 0.4) is 0 Å². The first-order valence-corrected chi connectivity index (χ1v) is 5.01. The van der Waals surface area contributed by atoms with E-state index in [1.165, 1.54) is 0 Å². The van der Waals surface area contributed by atoms with E-state index < -0.39 is 39.0 Å². The molecule has 0 radical (unpaired) electrons. The van der Waals surface area contributed by atoms with Crippen molar-refractivity contribution < 1.29 is 39.0 Å². The van der Waals surface area contributed by atoms with Crippen molar-refractivity contribution in [3.8, 4) is 0 Å². The average molecular weight is 230 g/mol. The first-order chi connectivity index (χ1) is 6.31. The summed E-state index contributed by atoms with van der Waals surface area (Å²) < 4.78 is 14.2. The summed E-state index contributed by atoms with van der Waals surface area (Å²) in [7, 11) is -4.96. The Hall–Kier alpha value is -0.340. The third kappa shape index (κ3) is 4.77. The molecule has 9 heteroatoms. The second-order valence-electron chi connectivity index (χ2n) is 2.39. The van der Waals surface area contributed by atoms with Gasteiger partial charge in [0.15, 0.2) is 11.9 Å². The molecule has 0 spiro atoms. The third-order valence-corrected chi connectivity index (χ3v) is 1.76. The Labute approximate surface area is 79.0 Å². The molecule has 5 N–H and O–H groups in total. The summed E-state index contributed by atoms with van der Waals surface area (Å²) in [6.45, 7) is -1.97. The molecule has 8 nitrogen and oxygen atoms in total. The Morgan fingerprint density at radius 3 is 2.14 bits per heavy atom. The van der Waals surface area contributed by atoms with E-state index in [0.29, 0.717) is 0 Å². The highest BCUT2D eigenvalue weighted by atomic mass is 31.2. The van der Waals surface area contributed by atoms with E-state index >= 15 is 0 Å². The van der Waals surface area contributed by atoms with Crippen molar-refractivity contribution in [1.82, 2.24) is 0 Å². The lowest BCUT2D eigenvalue weighted by molar-refractivity contribution is -0.136. The molecule has 0 fully saturated rings. The average Bonchev–Trinajstić information content (AvgIpc) is 2.10. The maximum Gasteiger partial charge on any atom is 0.470 e. The number of carbonyl (C=O) groups excluding carboxylic acids is 1. The smallest absolute Gasteiger partial charge is 0.394 e. The minimum Gasteiger partial charge on any atom is -0.394 e. The van der Waals surface area contributed by atoms with Crippen LogP contribution in [0.4, 0.5) is 0 Å². The lowest BCUT2D eigenvalue weighted by Gasteiger charge is -2.19. The summed E-state index contributed by atoms with van der Waals surface area (Å²) in [5, 5.41) is 25.7. The molecule has 0 aromatic carbocycles. The first kappa shape index (κ1) is 13.7. The number of Topliss-reactive ketones (excluding diaryl/α,β-unsaturated/α-hetero) is 1. The molecule has 0 amide bonds. The quantitative estimate of drug-likeness (QED) is 0.312. The van der Waals surface area contributed by atoms with Crippen molar-refractivity contribution in [2.24, 2.45) is 0 Å². The van der Waals surface area contributed by atoms with Gasteiger partial charge in [-0.25, -0.2) is 4.57 Å². The Kier molecular flexibility index (Phi) is 5.38. The first-order valence-electron chi connectivity index (χ1n) is 3.48. The minimum absolute atomic E-state index is 0.920. The monoisotopic (exact) mass is 230 g/mol. The van der Waals surface area contributed by atoms with Gasteiger partial charge in [-0.15, -0.1) is 0 Å². The molecule has 0 aromatic heterocycles. The molecule has 0 aliphatic carbocycles. The number of rotatable bonds is 6. The summed E-state index contributed by atoms with van der Waals surface area (Å²) in [5.41, 5.74) is 0. The molecule has 84 valence electrons. The predicted octanol–water partition coefficient (Wildman–Crippen LogP) is -2.62. The summed E-state index contributed by atoms with van der Waals surface area (Å²) >= 11 is 0. The number of aliphatic hydroxyl groups is 3. The maximum absolute atomic E-state index is 10.8. The molecule has 0 aliphatic heterocycles. The van der Waals surface area contributed by atoms with Gasteiger partial charge in [0, 0.05) is 0 Å². The largest absolute Gasteiger partial charge is 0.470 e. The number of aliphatic hydroxyl groups excluding tert-OH is 3. The van der Waals surface area contributed by atoms with Crippen LogP contribution >= 0.6 is 7.82 Å². The molecule has 0 aromatic rings. The van der Waals surface area contributed by atoms with Gasteiger partial charge in [0.2, 0.25) is 0 Å². The van der Waals surface area contributed by atoms with Crippen molar-refractivity contribution in [2.45, 2.75) is 12.2 Å². The van der Waals surface area contributed by atoms with Crippen LogP contribution in [0.1, 0.15) is 0 Å². The van der Waals surface area contributed by atoms with E-state index in [-0.39, 0.29) is 0 Å². The molecule has 0 heterocycles. The van der Waals surface area contributed by atoms with Gasteiger partial charge in [-0.1, -0.05) is 0 Å². The number of phosphoric ester groups is 1. The minimum atomic E-state index is -4.96. The van der Waals surface area contributed by atoms with Gasteiger partial charge in [0.25, 0.3) is 0 Å². The van der Waals surface area contributed by atoms with Crippen molar-refractivity contribution in [2.75, 3.05) is 13.2 Å². The van der Waals surface area contributed by atoms with E-state index in [0.717, 1.165) is 0 Å². The zero-order chi connectivity index (χ0) is 11.4. The highest BCUT2D eigenvalue weighted by molar-refractivity contribution is 7.46. The Morgan fingerprint density at radius 1 is 1.36 bits per heavy atom.